The van der Waals surface area contributed by atoms with Gasteiger partial charge in [-0.2, -0.15) is 0 Å². The summed E-state index contributed by atoms with van der Waals surface area (Å²) in [5.74, 6) is -0.0664. The highest BCUT2D eigenvalue weighted by atomic mass is 32.2. The second-order valence-electron chi connectivity index (χ2n) is 7.52. The van der Waals surface area contributed by atoms with Crippen LogP contribution in [0, 0.1) is 34.6 Å². The lowest BCUT2D eigenvalue weighted by molar-refractivity contribution is -0.117. The average Bonchev–Trinajstić information content (AvgIpc) is 2.88. The second kappa shape index (κ2) is 7.09. The third-order valence-electron chi connectivity index (χ3n) is 5.12. The molecule has 2 aromatic rings. The Hall–Kier alpha value is -2.18. The number of carbonyl (C=O) groups excluding carboxylic acids is 1. The molecule has 1 atom stereocenters. The lowest BCUT2D eigenvalue weighted by atomic mass is 10.1. The Kier molecular flexibility index (Phi) is 5.14. The van der Waals surface area contributed by atoms with Crippen molar-refractivity contribution in [2.75, 3.05) is 11.4 Å². The van der Waals surface area contributed by atoms with Gasteiger partial charge in [0.1, 0.15) is 0 Å². The second-order valence-corrected chi connectivity index (χ2v) is 9.17. The van der Waals surface area contributed by atoms with Gasteiger partial charge in [-0.15, -0.1) is 0 Å². The van der Waals surface area contributed by atoms with Crippen molar-refractivity contribution in [2.24, 2.45) is 0 Å². The molecule has 144 valence electrons. The molecule has 1 heterocycles. The van der Waals surface area contributed by atoms with Gasteiger partial charge >= 0.3 is 0 Å². The van der Waals surface area contributed by atoms with E-state index < -0.39 is 16.1 Å². The minimum atomic E-state index is -3.69. The maximum Gasteiger partial charge on any atom is 0.241 e. The molecular weight excluding hydrogens is 360 g/mol. The number of hydrogen-bond donors (Lipinski definition) is 1. The highest BCUT2D eigenvalue weighted by Gasteiger charge is 2.34. The highest BCUT2D eigenvalue weighted by molar-refractivity contribution is 7.89. The summed E-state index contributed by atoms with van der Waals surface area (Å²) in [4.78, 5) is 14.4. The Morgan fingerprint density at radius 3 is 2.15 bits per heavy atom. The van der Waals surface area contributed by atoms with Crippen molar-refractivity contribution >= 4 is 21.6 Å². The number of carbonyl (C=O) groups is 1. The molecule has 0 radical (unpaired) electrons. The fourth-order valence-corrected chi connectivity index (χ4v) is 5.48. The van der Waals surface area contributed by atoms with E-state index in [0.29, 0.717) is 11.4 Å². The van der Waals surface area contributed by atoms with Gasteiger partial charge in [0, 0.05) is 24.7 Å². The van der Waals surface area contributed by atoms with Crippen LogP contribution in [0.2, 0.25) is 0 Å². The number of benzene rings is 2. The minimum absolute atomic E-state index is 0.0664. The van der Waals surface area contributed by atoms with Crippen LogP contribution < -0.4 is 9.62 Å². The van der Waals surface area contributed by atoms with E-state index in [2.05, 4.69) is 4.72 Å². The fourth-order valence-electron chi connectivity index (χ4n) is 3.80. The molecule has 0 bridgehead atoms. The predicted molar refractivity (Wildman–Crippen MR) is 108 cm³/mol. The van der Waals surface area contributed by atoms with E-state index in [-0.39, 0.29) is 12.3 Å². The molecular formula is C21H26N2O3S. The summed E-state index contributed by atoms with van der Waals surface area (Å²) < 4.78 is 28.6. The standard InChI is InChI=1S/C21H26N2O3S/c1-13-8-16(4)21(17(5)9-13)27(25,26)22-18-11-20(24)23(12-18)19-7-6-14(2)15(3)10-19/h6-10,18,22H,11-12H2,1-5H3/t18-/m1/s1. The number of nitrogens with zero attached hydrogens (tertiary/aromatic N) is 1. The van der Waals surface area contributed by atoms with E-state index in [1.54, 1.807) is 18.7 Å². The molecule has 1 saturated heterocycles. The number of sulfonamides is 1. The largest absolute Gasteiger partial charge is 0.311 e. The first-order valence-electron chi connectivity index (χ1n) is 9.06. The van der Waals surface area contributed by atoms with Gasteiger partial charge in [0.05, 0.1) is 4.90 Å². The molecule has 1 fully saturated rings. The summed E-state index contributed by atoms with van der Waals surface area (Å²) in [5, 5.41) is 0. The topological polar surface area (TPSA) is 66.5 Å². The van der Waals surface area contributed by atoms with Crippen molar-refractivity contribution in [3.63, 3.8) is 0 Å². The summed E-state index contributed by atoms with van der Waals surface area (Å²) in [6.07, 6.45) is 0.163. The van der Waals surface area contributed by atoms with Crippen LogP contribution in [0.4, 0.5) is 5.69 Å². The third kappa shape index (κ3) is 3.92. The summed E-state index contributed by atoms with van der Waals surface area (Å²) >= 11 is 0. The number of anilines is 1. The van der Waals surface area contributed by atoms with E-state index in [4.69, 9.17) is 0 Å². The quantitative estimate of drug-likeness (QED) is 0.877. The van der Waals surface area contributed by atoms with E-state index in [1.165, 1.54) is 0 Å². The zero-order chi connectivity index (χ0) is 19.9. The van der Waals surface area contributed by atoms with Crippen molar-refractivity contribution in [3.05, 3.63) is 58.1 Å². The summed E-state index contributed by atoms with van der Waals surface area (Å²) in [5.41, 5.74) is 5.54. The maximum absolute atomic E-state index is 12.9. The van der Waals surface area contributed by atoms with Crippen LogP contribution >= 0.6 is 0 Å². The molecule has 2 aromatic carbocycles. The number of aryl methyl sites for hydroxylation is 5. The molecule has 1 aliphatic rings. The molecule has 0 saturated carbocycles. The Morgan fingerprint density at radius 2 is 1.56 bits per heavy atom. The molecule has 0 aliphatic carbocycles. The molecule has 1 aliphatic heterocycles. The first-order valence-corrected chi connectivity index (χ1v) is 10.5. The Morgan fingerprint density at radius 1 is 0.926 bits per heavy atom. The van der Waals surface area contributed by atoms with Gasteiger partial charge in [-0.05, 0) is 69.0 Å². The lowest BCUT2D eigenvalue weighted by Crippen LogP contribution is -2.37. The van der Waals surface area contributed by atoms with Gasteiger partial charge in [0.15, 0.2) is 0 Å². The van der Waals surface area contributed by atoms with Crippen molar-refractivity contribution in [1.29, 1.82) is 0 Å². The van der Waals surface area contributed by atoms with Gasteiger partial charge in [-0.1, -0.05) is 23.8 Å². The van der Waals surface area contributed by atoms with Crippen LogP contribution in [0.5, 0.6) is 0 Å². The van der Waals surface area contributed by atoms with Gasteiger partial charge in [-0.25, -0.2) is 13.1 Å². The molecule has 6 heteroatoms. The zero-order valence-corrected chi connectivity index (χ0v) is 17.3. The zero-order valence-electron chi connectivity index (χ0n) is 16.5. The first-order chi connectivity index (χ1) is 12.6. The van der Waals surface area contributed by atoms with Crippen LogP contribution in [-0.2, 0) is 14.8 Å². The number of hydrogen-bond acceptors (Lipinski definition) is 3. The van der Waals surface area contributed by atoms with E-state index in [1.807, 2.05) is 51.1 Å². The van der Waals surface area contributed by atoms with Crippen molar-refractivity contribution < 1.29 is 13.2 Å². The fraction of sp³-hybridized carbons (Fsp3) is 0.381. The Labute approximate surface area is 161 Å². The molecule has 1 N–H and O–H groups in total. The summed E-state index contributed by atoms with van der Waals surface area (Å²) in [6.45, 7) is 9.91. The number of amides is 1. The predicted octanol–water partition coefficient (Wildman–Crippen LogP) is 3.31. The molecule has 27 heavy (non-hydrogen) atoms. The third-order valence-corrected chi connectivity index (χ3v) is 6.95. The van der Waals surface area contributed by atoms with Crippen molar-refractivity contribution in [1.82, 2.24) is 4.72 Å². The molecule has 0 aromatic heterocycles. The molecule has 0 unspecified atom stereocenters. The van der Waals surface area contributed by atoms with Crippen LogP contribution in [0.25, 0.3) is 0 Å². The normalized spacial score (nSPS) is 17.6. The number of rotatable bonds is 4. The SMILES string of the molecule is Cc1cc(C)c(S(=O)(=O)N[C@@H]2CC(=O)N(c3ccc(C)c(C)c3)C2)c(C)c1. The van der Waals surface area contributed by atoms with Crippen LogP contribution in [0.1, 0.15) is 34.2 Å². The smallest absolute Gasteiger partial charge is 0.241 e. The van der Waals surface area contributed by atoms with Crippen LogP contribution in [-0.4, -0.2) is 26.9 Å². The highest BCUT2D eigenvalue weighted by Crippen LogP contribution is 2.26. The van der Waals surface area contributed by atoms with E-state index in [9.17, 15) is 13.2 Å². The lowest BCUT2D eigenvalue weighted by Gasteiger charge is -2.19. The van der Waals surface area contributed by atoms with Crippen LogP contribution in [0.3, 0.4) is 0 Å². The van der Waals surface area contributed by atoms with Gasteiger partial charge in [0.2, 0.25) is 15.9 Å². The molecule has 3 rings (SSSR count). The Bertz CT molecular complexity index is 989. The minimum Gasteiger partial charge on any atom is -0.311 e. The molecule has 1 amide bonds. The molecule has 0 spiro atoms. The number of nitrogens with one attached hydrogen (secondary N) is 1. The van der Waals surface area contributed by atoms with Gasteiger partial charge in [-0.3, -0.25) is 4.79 Å². The van der Waals surface area contributed by atoms with Crippen LogP contribution in [0.15, 0.2) is 35.2 Å². The summed E-state index contributed by atoms with van der Waals surface area (Å²) in [7, 11) is -3.69. The van der Waals surface area contributed by atoms with Crippen molar-refractivity contribution in [3.8, 4) is 0 Å². The van der Waals surface area contributed by atoms with E-state index >= 15 is 0 Å². The Balaban J connectivity index is 1.83. The van der Waals surface area contributed by atoms with Gasteiger partial charge < -0.3 is 4.90 Å². The van der Waals surface area contributed by atoms with Crippen molar-refractivity contribution in [2.45, 2.75) is 52.0 Å². The van der Waals surface area contributed by atoms with Gasteiger partial charge in [0.25, 0.3) is 0 Å². The maximum atomic E-state index is 12.9. The van der Waals surface area contributed by atoms with E-state index in [0.717, 1.165) is 33.5 Å². The molecule has 5 nitrogen and oxygen atoms in total. The average molecular weight is 387 g/mol. The summed E-state index contributed by atoms with van der Waals surface area (Å²) in [6, 6.07) is 9.15. The first kappa shape index (κ1) is 19.6. The monoisotopic (exact) mass is 386 g/mol.